The molecule has 2 aliphatic rings. The van der Waals surface area contributed by atoms with E-state index in [2.05, 4.69) is 0 Å². The SMILES string of the molecule is CC1(C)CC(=O)C2=C(C1)N(c1ccc(F)cc1)C(=O)CC2c1ccc(Cl)cc1Cl. The summed E-state index contributed by atoms with van der Waals surface area (Å²) in [7, 11) is 0. The van der Waals surface area contributed by atoms with E-state index in [0.717, 1.165) is 5.56 Å². The second-order valence-electron chi connectivity index (χ2n) is 8.43. The summed E-state index contributed by atoms with van der Waals surface area (Å²) in [6.07, 6.45) is 1.08. The van der Waals surface area contributed by atoms with Gasteiger partial charge in [0, 0.05) is 45.8 Å². The summed E-state index contributed by atoms with van der Waals surface area (Å²) in [4.78, 5) is 28.0. The molecule has 1 atom stereocenters. The first kappa shape index (κ1) is 20.1. The van der Waals surface area contributed by atoms with Gasteiger partial charge in [-0.3, -0.25) is 14.5 Å². The second-order valence-corrected chi connectivity index (χ2v) is 9.27. The predicted molar refractivity (Wildman–Crippen MR) is 113 cm³/mol. The van der Waals surface area contributed by atoms with Gasteiger partial charge in [-0.05, 0) is 53.8 Å². The molecule has 1 amide bonds. The minimum Gasteiger partial charge on any atom is -0.294 e. The van der Waals surface area contributed by atoms with Crippen LogP contribution in [0.25, 0.3) is 0 Å². The molecule has 150 valence electrons. The van der Waals surface area contributed by atoms with Gasteiger partial charge >= 0.3 is 0 Å². The van der Waals surface area contributed by atoms with E-state index < -0.39 is 5.92 Å². The van der Waals surface area contributed by atoms with E-state index in [4.69, 9.17) is 23.2 Å². The molecule has 0 spiro atoms. The zero-order chi connectivity index (χ0) is 20.9. The zero-order valence-corrected chi connectivity index (χ0v) is 17.6. The van der Waals surface area contributed by atoms with Crippen LogP contribution in [0.3, 0.4) is 0 Å². The molecule has 0 saturated heterocycles. The van der Waals surface area contributed by atoms with Crippen molar-refractivity contribution in [2.45, 2.75) is 39.0 Å². The summed E-state index contributed by atoms with van der Waals surface area (Å²) in [6, 6.07) is 10.9. The maximum atomic E-state index is 13.4. The highest BCUT2D eigenvalue weighted by molar-refractivity contribution is 6.35. The number of ketones is 1. The first-order valence-electron chi connectivity index (χ1n) is 9.46. The Labute approximate surface area is 179 Å². The van der Waals surface area contributed by atoms with Gasteiger partial charge < -0.3 is 0 Å². The number of benzene rings is 2. The van der Waals surface area contributed by atoms with Crippen LogP contribution < -0.4 is 4.90 Å². The molecule has 1 aliphatic heterocycles. The Morgan fingerprint density at radius 3 is 2.38 bits per heavy atom. The Morgan fingerprint density at radius 1 is 1.03 bits per heavy atom. The first-order chi connectivity index (χ1) is 13.7. The summed E-state index contributed by atoms with van der Waals surface area (Å²) < 4.78 is 13.4. The van der Waals surface area contributed by atoms with Crippen LogP contribution >= 0.6 is 23.2 Å². The molecular weight excluding hydrogens is 412 g/mol. The maximum Gasteiger partial charge on any atom is 0.232 e. The van der Waals surface area contributed by atoms with Gasteiger partial charge in [-0.2, -0.15) is 0 Å². The number of anilines is 1. The number of hydrogen-bond acceptors (Lipinski definition) is 2. The second kappa shape index (κ2) is 7.26. The summed E-state index contributed by atoms with van der Waals surface area (Å²) in [6.45, 7) is 4.03. The van der Waals surface area contributed by atoms with E-state index in [0.29, 0.717) is 39.8 Å². The van der Waals surface area contributed by atoms with Crippen molar-refractivity contribution in [2.75, 3.05) is 4.90 Å². The molecule has 0 aromatic heterocycles. The summed E-state index contributed by atoms with van der Waals surface area (Å²) >= 11 is 12.5. The van der Waals surface area contributed by atoms with Crippen LogP contribution in [0.4, 0.5) is 10.1 Å². The van der Waals surface area contributed by atoms with Crippen molar-refractivity contribution in [3.8, 4) is 0 Å². The van der Waals surface area contributed by atoms with Crippen LogP contribution in [0.2, 0.25) is 10.0 Å². The van der Waals surface area contributed by atoms with E-state index in [9.17, 15) is 14.0 Å². The lowest BCUT2D eigenvalue weighted by molar-refractivity contribution is -0.121. The number of Topliss-reactive ketones (excluding diaryl/α,β-unsaturated/α-hetero) is 1. The molecule has 0 bridgehead atoms. The highest BCUT2D eigenvalue weighted by Crippen LogP contribution is 2.49. The normalized spacial score (nSPS) is 21.4. The molecule has 3 nitrogen and oxygen atoms in total. The van der Waals surface area contributed by atoms with Crippen LogP contribution in [0.1, 0.15) is 44.6 Å². The smallest absolute Gasteiger partial charge is 0.232 e. The third kappa shape index (κ3) is 3.72. The Morgan fingerprint density at radius 2 is 1.72 bits per heavy atom. The summed E-state index contributed by atoms with van der Waals surface area (Å²) in [5.74, 6) is -0.912. The number of halogens is 3. The zero-order valence-electron chi connectivity index (χ0n) is 16.1. The molecule has 29 heavy (non-hydrogen) atoms. The Balaban J connectivity index is 1.91. The van der Waals surface area contributed by atoms with Gasteiger partial charge in [0.05, 0.1) is 0 Å². The van der Waals surface area contributed by atoms with Gasteiger partial charge in [0.15, 0.2) is 5.78 Å². The number of rotatable bonds is 2. The van der Waals surface area contributed by atoms with Crippen LogP contribution in [-0.4, -0.2) is 11.7 Å². The summed E-state index contributed by atoms with van der Waals surface area (Å²) in [5, 5.41) is 0.939. The standard InChI is InChI=1S/C23H20Cl2FNO2/c1-23(2)11-19-22(20(28)12-23)17(16-8-3-13(24)9-18(16)25)10-21(29)27(19)15-6-4-14(26)5-7-15/h3-9,17H,10-12H2,1-2H3. The van der Waals surface area contributed by atoms with Crippen LogP contribution in [0.5, 0.6) is 0 Å². The van der Waals surface area contributed by atoms with Crippen molar-refractivity contribution in [1.29, 1.82) is 0 Å². The molecule has 2 aromatic carbocycles. The van der Waals surface area contributed by atoms with E-state index in [1.807, 2.05) is 13.8 Å². The third-order valence-corrected chi connectivity index (χ3v) is 6.13. The largest absolute Gasteiger partial charge is 0.294 e. The number of amides is 1. The van der Waals surface area contributed by atoms with E-state index >= 15 is 0 Å². The number of nitrogens with zero attached hydrogens (tertiary/aromatic N) is 1. The van der Waals surface area contributed by atoms with Crippen molar-refractivity contribution < 1.29 is 14.0 Å². The van der Waals surface area contributed by atoms with E-state index in [1.54, 1.807) is 35.2 Å². The molecule has 0 N–H and O–H groups in total. The van der Waals surface area contributed by atoms with Crippen LogP contribution in [0.15, 0.2) is 53.7 Å². The monoisotopic (exact) mass is 431 g/mol. The van der Waals surface area contributed by atoms with Gasteiger partial charge in [0.2, 0.25) is 5.91 Å². The third-order valence-electron chi connectivity index (χ3n) is 5.57. The van der Waals surface area contributed by atoms with Crippen molar-refractivity contribution in [1.82, 2.24) is 0 Å². The van der Waals surface area contributed by atoms with E-state index in [1.165, 1.54) is 12.1 Å². The Hall–Kier alpha value is -2.17. The molecule has 1 aliphatic carbocycles. The number of allylic oxidation sites excluding steroid dienone is 2. The van der Waals surface area contributed by atoms with Gasteiger partial charge in [-0.1, -0.05) is 43.1 Å². The van der Waals surface area contributed by atoms with Gasteiger partial charge in [-0.15, -0.1) is 0 Å². The quantitative estimate of drug-likeness (QED) is 0.559. The van der Waals surface area contributed by atoms with Crippen LogP contribution in [0, 0.1) is 11.2 Å². The van der Waals surface area contributed by atoms with Crippen molar-refractivity contribution in [3.05, 3.63) is 75.2 Å². The molecule has 1 unspecified atom stereocenters. The number of carbonyl (C=O) groups excluding carboxylic acids is 2. The Kier molecular flexibility index (Phi) is 5.04. The average Bonchev–Trinajstić information content (AvgIpc) is 2.61. The molecule has 6 heteroatoms. The van der Waals surface area contributed by atoms with Gasteiger partial charge in [0.25, 0.3) is 0 Å². The molecule has 0 radical (unpaired) electrons. The molecule has 1 heterocycles. The fourth-order valence-electron chi connectivity index (χ4n) is 4.35. The lowest BCUT2D eigenvalue weighted by Crippen LogP contribution is -2.43. The Bertz CT molecular complexity index is 1040. The maximum absolute atomic E-state index is 13.4. The fraction of sp³-hybridized carbons (Fsp3) is 0.304. The van der Waals surface area contributed by atoms with Crippen molar-refractivity contribution in [3.63, 3.8) is 0 Å². The lowest BCUT2D eigenvalue weighted by atomic mass is 9.69. The topological polar surface area (TPSA) is 37.4 Å². The average molecular weight is 432 g/mol. The highest BCUT2D eigenvalue weighted by Gasteiger charge is 2.44. The molecule has 4 rings (SSSR count). The molecule has 0 fully saturated rings. The summed E-state index contributed by atoms with van der Waals surface area (Å²) in [5.41, 5.74) is 2.32. The predicted octanol–water partition coefficient (Wildman–Crippen LogP) is 6.30. The lowest BCUT2D eigenvalue weighted by Gasteiger charge is -2.43. The van der Waals surface area contributed by atoms with E-state index in [-0.39, 0.29) is 29.3 Å². The van der Waals surface area contributed by atoms with Crippen molar-refractivity contribution in [2.24, 2.45) is 5.41 Å². The molecule has 2 aromatic rings. The number of carbonyl (C=O) groups is 2. The first-order valence-corrected chi connectivity index (χ1v) is 10.2. The van der Waals surface area contributed by atoms with Gasteiger partial charge in [0.1, 0.15) is 5.82 Å². The van der Waals surface area contributed by atoms with Crippen molar-refractivity contribution >= 4 is 40.6 Å². The molecular formula is C23H20Cl2FNO2. The fourth-order valence-corrected chi connectivity index (χ4v) is 4.90. The van der Waals surface area contributed by atoms with Crippen LogP contribution in [-0.2, 0) is 9.59 Å². The highest BCUT2D eigenvalue weighted by atomic mass is 35.5. The van der Waals surface area contributed by atoms with Gasteiger partial charge in [-0.25, -0.2) is 4.39 Å². The minimum atomic E-state index is -0.414. The molecule has 0 saturated carbocycles. The minimum absolute atomic E-state index is 0.0203. The number of hydrogen-bond donors (Lipinski definition) is 0.